The number of sulfonamides is 1. The highest BCUT2D eigenvalue weighted by Crippen LogP contribution is 2.27. The summed E-state index contributed by atoms with van der Waals surface area (Å²) in [6.07, 6.45) is -0.708. The Morgan fingerprint density at radius 3 is 2.71 bits per heavy atom. The SMILES string of the molecule is CC1(C)CN(S(=O)(=O)c2cc(F)ccc2F)CC(CO)O1. The molecule has 0 bridgehead atoms. The smallest absolute Gasteiger partial charge is 0.246 e. The molecule has 0 amide bonds. The number of nitrogens with zero attached hydrogens (tertiary/aromatic N) is 1. The van der Waals surface area contributed by atoms with Crippen LogP contribution in [0.1, 0.15) is 13.8 Å². The zero-order chi connectivity index (χ0) is 15.8. The summed E-state index contributed by atoms with van der Waals surface area (Å²) >= 11 is 0. The van der Waals surface area contributed by atoms with Gasteiger partial charge >= 0.3 is 0 Å². The van der Waals surface area contributed by atoms with Gasteiger partial charge in [-0.1, -0.05) is 0 Å². The number of ether oxygens (including phenoxy) is 1. The average Bonchev–Trinajstić information content (AvgIpc) is 2.39. The predicted octanol–water partition coefficient (Wildman–Crippen LogP) is 1.13. The van der Waals surface area contributed by atoms with Crippen LogP contribution in [-0.4, -0.2) is 49.2 Å². The molecule has 1 heterocycles. The summed E-state index contributed by atoms with van der Waals surface area (Å²) < 4.78 is 58.5. The van der Waals surface area contributed by atoms with Gasteiger partial charge in [0, 0.05) is 13.1 Å². The van der Waals surface area contributed by atoms with Gasteiger partial charge in [-0.2, -0.15) is 4.31 Å². The minimum atomic E-state index is -4.20. The first-order chi connectivity index (χ1) is 9.65. The number of benzene rings is 1. The number of aliphatic hydroxyl groups is 1. The van der Waals surface area contributed by atoms with Crippen molar-refractivity contribution < 1.29 is 27.0 Å². The van der Waals surface area contributed by atoms with Crippen LogP contribution in [0.15, 0.2) is 23.1 Å². The van der Waals surface area contributed by atoms with Gasteiger partial charge in [0.1, 0.15) is 16.5 Å². The maximum atomic E-state index is 13.7. The van der Waals surface area contributed by atoms with Crippen molar-refractivity contribution in [3.63, 3.8) is 0 Å². The minimum absolute atomic E-state index is 0.0121. The highest BCUT2D eigenvalue weighted by atomic mass is 32.2. The lowest BCUT2D eigenvalue weighted by molar-refractivity contribution is -0.131. The Balaban J connectivity index is 2.41. The van der Waals surface area contributed by atoms with Crippen LogP contribution >= 0.6 is 0 Å². The van der Waals surface area contributed by atoms with Gasteiger partial charge in [-0.3, -0.25) is 0 Å². The summed E-state index contributed by atoms with van der Waals surface area (Å²) in [5.74, 6) is -1.84. The molecule has 5 nitrogen and oxygen atoms in total. The second-order valence-corrected chi connectivity index (χ2v) is 7.46. The first-order valence-electron chi connectivity index (χ1n) is 6.39. The lowest BCUT2D eigenvalue weighted by atomic mass is 10.1. The topological polar surface area (TPSA) is 66.8 Å². The van der Waals surface area contributed by atoms with E-state index in [1.54, 1.807) is 13.8 Å². The van der Waals surface area contributed by atoms with Gasteiger partial charge in [0.2, 0.25) is 10.0 Å². The Kier molecular flexibility index (Phi) is 4.34. The van der Waals surface area contributed by atoms with Crippen LogP contribution in [0.3, 0.4) is 0 Å². The number of morpholine rings is 1. The molecule has 2 rings (SSSR count). The van der Waals surface area contributed by atoms with E-state index in [2.05, 4.69) is 0 Å². The average molecular weight is 321 g/mol. The van der Waals surface area contributed by atoms with Gasteiger partial charge in [-0.25, -0.2) is 17.2 Å². The first-order valence-corrected chi connectivity index (χ1v) is 7.83. The largest absolute Gasteiger partial charge is 0.394 e. The summed E-state index contributed by atoms with van der Waals surface area (Å²) in [4.78, 5) is -0.711. The van der Waals surface area contributed by atoms with Gasteiger partial charge in [-0.15, -0.1) is 0 Å². The molecule has 1 atom stereocenters. The molecule has 8 heteroatoms. The molecule has 0 spiro atoms. The fraction of sp³-hybridized carbons (Fsp3) is 0.538. The number of aliphatic hydroxyl groups excluding tert-OH is 1. The van der Waals surface area contributed by atoms with Crippen molar-refractivity contribution in [3.8, 4) is 0 Å². The van der Waals surface area contributed by atoms with Crippen molar-refractivity contribution in [3.05, 3.63) is 29.8 Å². The Morgan fingerprint density at radius 1 is 1.43 bits per heavy atom. The second kappa shape index (κ2) is 5.60. The molecule has 1 aromatic carbocycles. The van der Waals surface area contributed by atoms with Crippen molar-refractivity contribution in [1.29, 1.82) is 0 Å². The van der Waals surface area contributed by atoms with Crippen molar-refractivity contribution >= 4 is 10.0 Å². The van der Waals surface area contributed by atoms with Crippen molar-refractivity contribution in [1.82, 2.24) is 4.31 Å². The van der Waals surface area contributed by atoms with E-state index < -0.39 is 38.3 Å². The first kappa shape index (κ1) is 16.3. The van der Waals surface area contributed by atoms with Gasteiger partial charge in [0.05, 0.1) is 18.3 Å². The van der Waals surface area contributed by atoms with Gasteiger partial charge < -0.3 is 9.84 Å². The number of hydrogen-bond acceptors (Lipinski definition) is 4. The molecule has 1 aliphatic rings. The third-order valence-corrected chi connectivity index (χ3v) is 4.99. The molecule has 1 unspecified atom stereocenters. The van der Waals surface area contributed by atoms with Gasteiger partial charge in [0.15, 0.2) is 0 Å². The zero-order valence-corrected chi connectivity index (χ0v) is 12.5. The van der Waals surface area contributed by atoms with Crippen LogP contribution in [-0.2, 0) is 14.8 Å². The third kappa shape index (κ3) is 3.39. The molecular weight excluding hydrogens is 304 g/mol. The minimum Gasteiger partial charge on any atom is -0.394 e. The Labute approximate surface area is 122 Å². The summed E-state index contributed by atoms with van der Waals surface area (Å²) in [5, 5.41) is 9.20. The molecule has 1 aromatic rings. The van der Waals surface area contributed by atoms with Crippen molar-refractivity contribution in [2.45, 2.75) is 30.4 Å². The van der Waals surface area contributed by atoms with Crippen LogP contribution in [0, 0.1) is 11.6 Å². The quantitative estimate of drug-likeness (QED) is 0.906. The van der Waals surface area contributed by atoms with Gasteiger partial charge in [-0.05, 0) is 32.0 Å². The van der Waals surface area contributed by atoms with Crippen LogP contribution in [0.5, 0.6) is 0 Å². The third-order valence-electron chi connectivity index (χ3n) is 3.16. The molecule has 1 fully saturated rings. The van der Waals surface area contributed by atoms with Crippen molar-refractivity contribution in [2.75, 3.05) is 19.7 Å². The highest BCUT2D eigenvalue weighted by Gasteiger charge is 2.40. The summed E-state index contributed by atoms with van der Waals surface area (Å²) in [7, 11) is -4.20. The monoisotopic (exact) mass is 321 g/mol. The summed E-state index contributed by atoms with van der Waals surface area (Å²) in [5.41, 5.74) is -0.831. The van der Waals surface area contributed by atoms with E-state index in [0.717, 1.165) is 16.4 Å². The molecule has 0 saturated carbocycles. The Hall–Kier alpha value is -1.09. The van der Waals surface area contributed by atoms with Gasteiger partial charge in [0.25, 0.3) is 0 Å². The highest BCUT2D eigenvalue weighted by molar-refractivity contribution is 7.89. The predicted molar refractivity (Wildman–Crippen MR) is 71.2 cm³/mol. The molecule has 21 heavy (non-hydrogen) atoms. The maximum Gasteiger partial charge on any atom is 0.246 e. The summed E-state index contributed by atoms with van der Waals surface area (Å²) in [6, 6.07) is 2.28. The fourth-order valence-corrected chi connectivity index (χ4v) is 4.03. The van der Waals surface area contributed by atoms with E-state index in [1.807, 2.05) is 0 Å². The maximum absolute atomic E-state index is 13.7. The van der Waals surface area contributed by atoms with E-state index in [1.165, 1.54) is 0 Å². The Bertz CT molecular complexity index is 633. The molecule has 0 aliphatic carbocycles. The van der Waals surface area contributed by atoms with E-state index in [0.29, 0.717) is 6.07 Å². The Morgan fingerprint density at radius 2 is 2.10 bits per heavy atom. The lowest BCUT2D eigenvalue weighted by Crippen LogP contribution is -2.55. The number of halogens is 2. The summed E-state index contributed by atoms with van der Waals surface area (Å²) in [6.45, 7) is 2.85. The van der Waals surface area contributed by atoms with Crippen molar-refractivity contribution in [2.24, 2.45) is 0 Å². The van der Waals surface area contributed by atoms with Crippen LogP contribution < -0.4 is 0 Å². The molecular formula is C13H17F2NO4S. The standard InChI is InChI=1S/C13H17F2NO4S/c1-13(2)8-16(6-10(7-17)20-13)21(18,19)12-5-9(14)3-4-11(12)15/h3-5,10,17H,6-8H2,1-2H3. The second-order valence-electron chi connectivity index (χ2n) is 5.55. The normalized spacial score (nSPS) is 23.2. The molecule has 0 radical (unpaired) electrons. The number of hydrogen-bond donors (Lipinski definition) is 1. The van der Waals surface area contributed by atoms with E-state index >= 15 is 0 Å². The van der Waals surface area contributed by atoms with Crippen LogP contribution in [0.2, 0.25) is 0 Å². The van der Waals surface area contributed by atoms with Crippen LogP contribution in [0.25, 0.3) is 0 Å². The zero-order valence-electron chi connectivity index (χ0n) is 11.7. The van der Waals surface area contributed by atoms with E-state index in [4.69, 9.17) is 4.74 Å². The van der Waals surface area contributed by atoms with E-state index in [-0.39, 0.29) is 19.7 Å². The molecule has 1 saturated heterocycles. The molecule has 1 N–H and O–H groups in total. The molecule has 1 aliphatic heterocycles. The fourth-order valence-electron chi connectivity index (χ4n) is 2.33. The lowest BCUT2D eigenvalue weighted by Gasteiger charge is -2.41. The van der Waals surface area contributed by atoms with Crippen LogP contribution in [0.4, 0.5) is 8.78 Å². The molecule has 118 valence electrons. The van der Waals surface area contributed by atoms with E-state index in [9.17, 15) is 22.3 Å². The molecule has 0 aromatic heterocycles. The number of rotatable bonds is 3.